The van der Waals surface area contributed by atoms with Gasteiger partial charge in [-0.15, -0.1) is 0 Å². The number of carbonyl (C=O) groups excluding carboxylic acids is 1. The van der Waals surface area contributed by atoms with Gasteiger partial charge in [0.1, 0.15) is 0 Å². The van der Waals surface area contributed by atoms with Crippen molar-refractivity contribution in [1.29, 1.82) is 0 Å². The number of nitrogens with one attached hydrogen (secondary N) is 3. The zero-order valence-corrected chi connectivity index (χ0v) is 14.7. The summed E-state index contributed by atoms with van der Waals surface area (Å²) in [5.74, 6) is 0.0617. The highest BCUT2D eigenvalue weighted by Crippen LogP contribution is 2.24. The van der Waals surface area contributed by atoms with Crippen molar-refractivity contribution >= 4 is 35.1 Å². The van der Waals surface area contributed by atoms with Gasteiger partial charge in [-0.05, 0) is 41.8 Å². The SMILES string of the molecule is CC(C)C(NC(=O)O)c1cccc(NC(=O)Nc2cccc(Cl)c2)c1. The van der Waals surface area contributed by atoms with E-state index in [0.29, 0.717) is 16.4 Å². The van der Waals surface area contributed by atoms with Crippen LogP contribution < -0.4 is 16.0 Å². The predicted octanol–water partition coefficient (Wildman–Crippen LogP) is 4.95. The first kappa shape index (κ1) is 18.6. The van der Waals surface area contributed by atoms with E-state index in [1.807, 2.05) is 19.9 Å². The molecule has 3 amide bonds. The van der Waals surface area contributed by atoms with Crippen molar-refractivity contribution in [3.05, 3.63) is 59.1 Å². The molecule has 0 saturated heterocycles. The zero-order chi connectivity index (χ0) is 18.4. The van der Waals surface area contributed by atoms with Crippen LogP contribution >= 0.6 is 11.6 Å². The molecule has 6 nitrogen and oxygen atoms in total. The normalized spacial score (nSPS) is 11.7. The van der Waals surface area contributed by atoms with E-state index >= 15 is 0 Å². The molecule has 2 aromatic carbocycles. The van der Waals surface area contributed by atoms with Crippen molar-refractivity contribution in [3.63, 3.8) is 0 Å². The fourth-order valence-corrected chi connectivity index (χ4v) is 2.63. The average molecular weight is 362 g/mol. The minimum Gasteiger partial charge on any atom is -0.465 e. The molecule has 132 valence electrons. The van der Waals surface area contributed by atoms with Gasteiger partial charge >= 0.3 is 12.1 Å². The van der Waals surface area contributed by atoms with E-state index in [9.17, 15) is 9.59 Å². The zero-order valence-electron chi connectivity index (χ0n) is 13.9. The third kappa shape index (κ3) is 5.69. The van der Waals surface area contributed by atoms with E-state index in [1.54, 1.807) is 42.5 Å². The molecule has 0 aliphatic rings. The number of hydrogen-bond acceptors (Lipinski definition) is 2. The molecule has 25 heavy (non-hydrogen) atoms. The molecule has 7 heteroatoms. The number of halogens is 1. The summed E-state index contributed by atoms with van der Waals surface area (Å²) < 4.78 is 0. The maximum absolute atomic E-state index is 12.1. The first-order valence-corrected chi connectivity index (χ1v) is 8.16. The smallest absolute Gasteiger partial charge is 0.405 e. The summed E-state index contributed by atoms with van der Waals surface area (Å²) in [6.45, 7) is 3.85. The highest BCUT2D eigenvalue weighted by Gasteiger charge is 2.18. The lowest BCUT2D eigenvalue weighted by Gasteiger charge is -2.22. The van der Waals surface area contributed by atoms with Crippen molar-refractivity contribution in [3.8, 4) is 0 Å². The van der Waals surface area contributed by atoms with E-state index in [4.69, 9.17) is 16.7 Å². The Balaban J connectivity index is 2.09. The van der Waals surface area contributed by atoms with Crippen LogP contribution in [-0.4, -0.2) is 17.2 Å². The number of hydrogen-bond donors (Lipinski definition) is 4. The largest absolute Gasteiger partial charge is 0.465 e. The lowest BCUT2D eigenvalue weighted by atomic mass is 9.96. The Bertz CT molecular complexity index is 765. The van der Waals surface area contributed by atoms with Crippen molar-refractivity contribution < 1.29 is 14.7 Å². The maximum Gasteiger partial charge on any atom is 0.405 e. The Morgan fingerprint density at radius 3 is 2.16 bits per heavy atom. The molecular weight excluding hydrogens is 342 g/mol. The molecule has 4 N–H and O–H groups in total. The van der Waals surface area contributed by atoms with E-state index in [-0.39, 0.29) is 12.0 Å². The number of anilines is 2. The summed E-state index contributed by atoms with van der Waals surface area (Å²) in [6, 6.07) is 13.1. The second-order valence-electron chi connectivity index (χ2n) is 5.89. The first-order chi connectivity index (χ1) is 11.8. The van der Waals surface area contributed by atoms with Crippen LogP contribution in [0.5, 0.6) is 0 Å². The fourth-order valence-electron chi connectivity index (χ4n) is 2.44. The van der Waals surface area contributed by atoms with Gasteiger partial charge in [0.15, 0.2) is 0 Å². The highest BCUT2D eigenvalue weighted by atomic mass is 35.5. The molecule has 0 aliphatic heterocycles. The number of urea groups is 1. The van der Waals surface area contributed by atoms with Crippen LogP contribution in [0.3, 0.4) is 0 Å². The van der Waals surface area contributed by atoms with Gasteiger partial charge in [-0.3, -0.25) is 0 Å². The summed E-state index contributed by atoms with van der Waals surface area (Å²) in [7, 11) is 0. The molecule has 0 radical (unpaired) electrons. The molecule has 0 fully saturated rings. The minimum absolute atomic E-state index is 0.0617. The molecule has 1 atom stereocenters. The molecule has 0 aliphatic carbocycles. The van der Waals surface area contributed by atoms with Gasteiger partial charge < -0.3 is 21.1 Å². The molecule has 0 aromatic heterocycles. The van der Waals surface area contributed by atoms with Crippen LogP contribution in [-0.2, 0) is 0 Å². The number of benzene rings is 2. The van der Waals surface area contributed by atoms with E-state index in [0.717, 1.165) is 5.56 Å². The lowest BCUT2D eigenvalue weighted by molar-refractivity contribution is 0.186. The van der Waals surface area contributed by atoms with Crippen LogP contribution in [0.1, 0.15) is 25.5 Å². The van der Waals surface area contributed by atoms with Gasteiger partial charge in [0, 0.05) is 16.4 Å². The molecule has 2 rings (SSSR count). The average Bonchev–Trinajstić information content (AvgIpc) is 2.52. The van der Waals surface area contributed by atoms with Crippen LogP contribution in [0.15, 0.2) is 48.5 Å². The molecular formula is C18H20ClN3O3. The molecule has 2 aromatic rings. The Morgan fingerprint density at radius 1 is 1.00 bits per heavy atom. The maximum atomic E-state index is 12.1. The third-order valence-electron chi connectivity index (χ3n) is 3.53. The number of carbonyl (C=O) groups is 2. The monoisotopic (exact) mass is 361 g/mol. The van der Waals surface area contributed by atoms with Gasteiger partial charge in [-0.2, -0.15) is 0 Å². The van der Waals surface area contributed by atoms with E-state index in [1.165, 1.54) is 0 Å². The van der Waals surface area contributed by atoms with E-state index < -0.39 is 12.1 Å². The summed E-state index contributed by atoms with van der Waals surface area (Å²) in [5.41, 5.74) is 1.92. The van der Waals surface area contributed by atoms with Crippen molar-refractivity contribution in [1.82, 2.24) is 5.32 Å². The number of amides is 3. The van der Waals surface area contributed by atoms with Gasteiger partial charge in [0.05, 0.1) is 6.04 Å². The second kappa shape index (κ2) is 8.39. The standard InChI is InChI=1S/C18H20ClN3O3/c1-11(2)16(22-18(24)25)12-5-3-7-14(9-12)20-17(23)21-15-8-4-6-13(19)10-15/h3-11,16,22H,1-2H3,(H,24,25)(H2,20,21,23). The van der Waals surface area contributed by atoms with Crippen molar-refractivity contribution in [2.45, 2.75) is 19.9 Å². The molecule has 1 unspecified atom stereocenters. The number of rotatable bonds is 5. The lowest BCUT2D eigenvalue weighted by Crippen LogP contribution is -2.30. The van der Waals surface area contributed by atoms with Gasteiger partial charge in [-0.25, -0.2) is 9.59 Å². The summed E-state index contributed by atoms with van der Waals surface area (Å²) >= 11 is 5.89. The molecule has 0 spiro atoms. The Labute approximate surface area is 151 Å². The van der Waals surface area contributed by atoms with Crippen LogP contribution in [0.25, 0.3) is 0 Å². The Kier molecular flexibility index (Phi) is 6.25. The predicted molar refractivity (Wildman–Crippen MR) is 99.3 cm³/mol. The van der Waals surface area contributed by atoms with Crippen LogP contribution in [0.2, 0.25) is 5.02 Å². The van der Waals surface area contributed by atoms with E-state index in [2.05, 4.69) is 16.0 Å². The molecule has 0 bridgehead atoms. The van der Waals surface area contributed by atoms with Gasteiger partial charge in [0.2, 0.25) is 0 Å². The first-order valence-electron chi connectivity index (χ1n) is 7.78. The second-order valence-corrected chi connectivity index (χ2v) is 6.32. The van der Waals surface area contributed by atoms with Gasteiger partial charge in [0.25, 0.3) is 0 Å². The van der Waals surface area contributed by atoms with Crippen molar-refractivity contribution in [2.75, 3.05) is 10.6 Å². The Hall–Kier alpha value is -2.73. The quantitative estimate of drug-likeness (QED) is 0.607. The fraction of sp³-hybridized carbons (Fsp3) is 0.222. The van der Waals surface area contributed by atoms with Crippen LogP contribution in [0, 0.1) is 5.92 Å². The van der Waals surface area contributed by atoms with Crippen molar-refractivity contribution in [2.24, 2.45) is 5.92 Å². The van der Waals surface area contributed by atoms with Gasteiger partial charge in [-0.1, -0.05) is 43.6 Å². The minimum atomic E-state index is -1.09. The highest BCUT2D eigenvalue weighted by molar-refractivity contribution is 6.30. The number of carboxylic acid groups (broad SMARTS) is 1. The topological polar surface area (TPSA) is 90.5 Å². The molecule has 0 heterocycles. The summed E-state index contributed by atoms with van der Waals surface area (Å²) in [4.78, 5) is 23.1. The third-order valence-corrected chi connectivity index (χ3v) is 3.77. The van der Waals surface area contributed by atoms with Crippen LogP contribution in [0.4, 0.5) is 21.0 Å². The molecule has 0 saturated carbocycles. The Morgan fingerprint density at radius 2 is 1.60 bits per heavy atom. The summed E-state index contributed by atoms with van der Waals surface area (Å²) in [6.07, 6.45) is -1.09. The summed E-state index contributed by atoms with van der Waals surface area (Å²) in [5, 5.41) is 17.4.